The first-order chi connectivity index (χ1) is 14.9. The molecule has 1 atom stereocenters. The van der Waals surface area contributed by atoms with Crippen LogP contribution < -0.4 is 10.2 Å². The van der Waals surface area contributed by atoms with Crippen molar-refractivity contribution in [2.75, 3.05) is 43.1 Å². The van der Waals surface area contributed by atoms with E-state index in [0.29, 0.717) is 18.9 Å². The highest BCUT2D eigenvalue weighted by Crippen LogP contribution is 2.28. The Morgan fingerprint density at radius 1 is 1.10 bits per heavy atom. The van der Waals surface area contributed by atoms with Crippen molar-refractivity contribution in [3.8, 4) is 0 Å². The molecule has 2 fully saturated rings. The van der Waals surface area contributed by atoms with Crippen LogP contribution in [0.4, 0.5) is 15.8 Å². The van der Waals surface area contributed by atoms with E-state index in [-0.39, 0.29) is 42.5 Å². The minimum atomic E-state index is -3.70. The van der Waals surface area contributed by atoms with E-state index in [1.165, 1.54) is 39.5 Å². The maximum atomic E-state index is 14.0. The number of anilines is 2. The predicted molar refractivity (Wildman–Crippen MR) is 112 cm³/mol. The van der Waals surface area contributed by atoms with Crippen molar-refractivity contribution in [3.05, 3.63) is 54.3 Å². The molecule has 0 radical (unpaired) electrons. The second-order valence-corrected chi connectivity index (χ2v) is 9.33. The maximum Gasteiger partial charge on any atom is 0.243 e. The minimum Gasteiger partial charge on any atom is -0.379 e. The van der Waals surface area contributed by atoms with E-state index < -0.39 is 27.7 Å². The first kappa shape index (κ1) is 21.4. The average Bonchev–Trinajstić information content (AvgIpc) is 3.16. The molecule has 0 aromatic heterocycles. The second-order valence-electron chi connectivity index (χ2n) is 7.39. The quantitative estimate of drug-likeness (QED) is 0.755. The van der Waals surface area contributed by atoms with Crippen molar-refractivity contribution in [2.45, 2.75) is 11.3 Å². The zero-order valence-corrected chi connectivity index (χ0v) is 17.5. The van der Waals surface area contributed by atoms with Gasteiger partial charge in [0, 0.05) is 31.7 Å². The summed E-state index contributed by atoms with van der Waals surface area (Å²) in [4.78, 5) is 26.4. The number of benzene rings is 2. The van der Waals surface area contributed by atoms with E-state index in [2.05, 4.69) is 5.32 Å². The number of nitrogens with zero attached hydrogens (tertiary/aromatic N) is 2. The summed E-state index contributed by atoms with van der Waals surface area (Å²) in [6.45, 7) is 1.27. The predicted octanol–water partition coefficient (Wildman–Crippen LogP) is 1.84. The first-order valence-electron chi connectivity index (χ1n) is 9.90. The summed E-state index contributed by atoms with van der Waals surface area (Å²) in [6, 6.07) is 11.9. The van der Waals surface area contributed by atoms with E-state index in [9.17, 15) is 22.4 Å². The van der Waals surface area contributed by atoms with Crippen molar-refractivity contribution in [1.82, 2.24) is 4.31 Å². The molecule has 2 aromatic rings. The molecular weight excluding hydrogens is 425 g/mol. The van der Waals surface area contributed by atoms with Gasteiger partial charge in [0.05, 0.1) is 29.7 Å². The normalized spacial score (nSPS) is 20.1. The fourth-order valence-corrected chi connectivity index (χ4v) is 5.16. The van der Waals surface area contributed by atoms with Gasteiger partial charge in [-0.05, 0) is 30.3 Å². The van der Waals surface area contributed by atoms with Gasteiger partial charge in [-0.25, -0.2) is 12.8 Å². The first-order valence-corrected chi connectivity index (χ1v) is 11.3. The molecule has 2 aliphatic heterocycles. The summed E-state index contributed by atoms with van der Waals surface area (Å²) in [5.74, 6) is -1.97. The van der Waals surface area contributed by atoms with Crippen LogP contribution in [-0.2, 0) is 24.3 Å². The lowest BCUT2D eigenvalue weighted by atomic mass is 10.1. The maximum absolute atomic E-state index is 14.0. The fourth-order valence-electron chi connectivity index (χ4n) is 3.70. The number of halogens is 1. The Morgan fingerprint density at radius 2 is 1.84 bits per heavy atom. The topological polar surface area (TPSA) is 96.0 Å². The zero-order valence-electron chi connectivity index (χ0n) is 16.7. The highest BCUT2D eigenvalue weighted by atomic mass is 32.2. The third-order valence-electron chi connectivity index (χ3n) is 5.35. The molecule has 2 amide bonds. The Kier molecular flexibility index (Phi) is 6.03. The molecule has 0 saturated carbocycles. The Morgan fingerprint density at radius 3 is 2.58 bits per heavy atom. The Bertz CT molecular complexity index is 1100. The van der Waals surface area contributed by atoms with E-state index in [1.54, 1.807) is 18.2 Å². The van der Waals surface area contributed by atoms with E-state index in [0.717, 1.165) is 0 Å². The number of morpholine rings is 1. The number of sulfonamides is 1. The van der Waals surface area contributed by atoms with Crippen molar-refractivity contribution < 1.29 is 27.1 Å². The van der Waals surface area contributed by atoms with Crippen molar-refractivity contribution in [3.63, 3.8) is 0 Å². The molecule has 31 heavy (non-hydrogen) atoms. The smallest absolute Gasteiger partial charge is 0.243 e. The average molecular weight is 447 g/mol. The van der Waals surface area contributed by atoms with Gasteiger partial charge in [0.2, 0.25) is 21.8 Å². The summed E-state index contributed by atoms with van der Waals surface area (Å²) in [5, 5.41) is 2.69. The van der Waals surface area contributed by atoms with Gasteiger partial charge < -0.3 is 15.0 Å². The highest BCUT2D eigenvalue weighted by molar-refractivity contribution is 7.89. The molecular formula is C21H22FN3O5S. The lowest BCUT2D eigenvalue weighted by Gasteiger charge is -2.26. The third kappa shape index (κ3) is 4.46. The lowest BCUT2D eigenvalue weighted by molar-refractivity contribution is -0.122. The molecule has 0 bridgehead atoms. The standard InChI is InChI=1S/C21H22FN3O5S/c22-18-6-1-2-7-19(18)25-14-15(12-20(25)26)21(27)23-16-4-3-5-17(13-16)31(28,29)24-8-10-30-11-9-24/h1-7,13,15H,8-12,14H2,(H,23,27)/t15-/m0/s1. The molecule has 0 unspecified atom stereocenters. The van der Waals surface area contributed by atoms with Crippen LogP contribution in [0.5, 0.6) is 0 Å². The number of rotatable bonds is 5. The summed E-state index contributed by atoms with van der Waals surface area (Å²) >= 11 is 0. The van der Waals surface area contributed by atoms with Gasteiger partial charge in [-0.3, -0.25) is 9.59 Å². The molecule has 4 rings (SSSR count). The number of nitrogens with one attached hydrogen (secondary N) is 1. The van der Waals surface area contributed by atoms with E-state index >= 15 is 0 Å². The summed E-state index contributed by atoms with van der Waals surface area (Å²) in [5.41, 5.74) is 0.456. The molecule has 0 aliphatic carbocycles. The van der Waals surface area contributed by atoms with Crippen LogP contribution in [0, 0.1) is 11.7 Å². The van der Waals surface area contributed by atoms with Gasteiger partial charge in [0.25, 0.3) is 0 Å². The summed E-state index contributed by atoms with van der Waals surface area (Å²) in [6.07, 6.45) is -0.0497. The van der Waals surface area contributed by atoms with Crippen molar-refractivity contribution in [1.29, 1.82) is 0 Å². The molecule has 10 heteroatoms. The number of carbonyl (C=O) groups excluding carboxylic acids is 2. The van der Waals surface area contributed by atoms with Gasteiger partial charge in [0.15, 0.2) is 0 Å². The van der Waals surface area contributed by atoms with Crippen LogP contribution in [0.25, 0.3) is 0 Å². The van der Waals surface area contributed by atoms with Gasteiger partial charge in [-0.1, -0.05) is 18.2 Å². The minimum absolute atomic E-state index is 0.0497. The van der Waals surface area contributed by atoms with E-state index in [4.69, 9.17) is 4.74 Å². The second kappa shape index (κ2) is 8.74. The molecule has 2 heterocycles. The highest BCUT2D eigenvalue weighted by Gasteiger charge is 2.36. The third-order valence-corrected chi connectivity index (χ3v) is 7.24. The van der Waals surface area contributed by atoms with Crippen molar-refractivity contribution in [2.24, 2.45) is 5.92 Å². The molecule has 2 aromatic carbocycles. The number of para-hydroxylation sites is 1. The van der Waals surface area contributed by atoms with Crippen molar-refractivity contribution >= 4 is 33.2 Å². The SMILES string of the molecule is O=C(Nc1cccc(S(=O)(=O)N2CCOCC2)c1)[C@H]1CC(=O)N(c2ccccc2F)C1. The summed E-state index contributed by atoms with van der Waals surface area (Å²) < 4.78 is 46.2. The Balaban J connectivity index is 1.46. The van der Waals surface area contributed by atoms with Gasteiger partial charge in [0.1, 0.15) is 5.82 Å². The number of hydrogen-bond donors (Lipinski definition) is 1. The zero-order chi connectivity index (χ0) is 22.0. The van der Waals surface area contributed by atoms with Crippen LogP contribution in [-0.4, -0.2) is 57.4 Å². The molecule has 1 N–H and O–H groups in total. The fraction of sp³-hybridized carbons (Fsp3) is 0.333. The number of ether oxygens (including phenoxy) is 1. The largest absolute Gasteiger partial charge is 0.379 e. The van der Waals surface area contributed by atoms with Crippen LogP contribution in [0.3, 0.4) is 0 Å². The molecule has 164 valence electrons. The summed E-state index contributed by atoms with van der Waals surface area (Å²) in [7, 11) is -3.70. The number of amides is 2. The monoisotopic (exact) mass is 447 g/mol. The van der Waals surface area contributed by atoms with Gasteiger partial charge >= 0.3 is 0 Å². The van der Waals surface area contributed by atoms with E-state index in [1.807, 2.05) is 0 Å². The van der Waals surface area contributed by atoms with Crippen LogP contribution >= 0.6 is 0 Å². The molecule has 8 nitrogen and oxygen atoms in total. The number of hydrogen-bond acceptors (Lipinski definition) is 5. The molecule has 2 aliphatic rings. The van der Waals surface area contributed by atoms with Crippen LogP contribution in [0.15, 0.2) is 53.4 Å². The number of carbonyl (C=O) groups is 2. The molecule has 2 saturated heterocycles. The van der Waals surface area contributed by atoms with Crippen LogP contribution in [0.2, 0.25) is 0 Å². The Hall–Kier alpha value is -2.82. The Labute approximate surface area is 179 Å². The van der Waals surface area contributed by atoms with Crippen LogP contribution in [0.1, 0.15) is 6.42 Å². The van der Waals surface area contributed by atoms with Gasteiger partial charge in [-0.15, -0.1) is 0 Å². The molecule has 0 spiro atoms. The van der Waals surface area contributed by atoms with Gasteiger partial charge in [-0.2, -0.15) is 4.31 Å². The lowest BCUT2D eigenvalue weighted by Crippen LogP contribution is -2.40.